The van der Waals surface area contributed by atoms with Gasteiger partial charge in [0.15, 0.2) is 0 Å². The number of rotatable bonds is 7. The monoisotopic (exact) mass is 349 g/mol. The summed E-state index contributed by atoms with van der Waals surface area (Å²) < 4.78 is 5.14. The fourth-order valence-electron chi connectivity index (χ4n) is 2.14. The Bertz CT molecular complexity index is 836. The van der Waals surface area contributed by atoms with Crippen molar-refractivity contribution in [1.29, 1.82) is 5.26 Å². The van der Waals surface area contributed by atoms with Crippen LogP contribution in [-0.2, 0) is 16.1 Å². The van der Waals surface area contributed by atoms with Crippen LogP contribution in [0.5, 0.6) is 5.75 Å². The molecule has 6 heteroatoms. The highest BCUT2D eigenvalue weighted by Crippen LogP contribution is 2.14. The number of nitrogens with one attached hydrogen (secondary N) is 2. The molecule has 132 valence electrons. The molecule has 0 heterocycles. The van der Waals surface area contributed by atoms with Gasteiger partial charge in [-0.05, 0) is 41.5 Å². The smallest absolute Gasteiger partial charge is 0.248 e. The van der Waals surface area contributed by atoms with Crippen molar-refractivity contribution >= 4 is 23.6 Å². The van der Waals surface area contributed by atoms with E-state index in [1.54, 1.807) is 43.5 Å². The zero-order valence-corrected chi connectivity index (χ0v) is 14.4. The van der Waals surface area contributed by atoms with Crippen molar-refractivity contribution in [3.05, 3.63) is 65.7 Å². The van der Waals surface area contributed by atoms with Gasteiger partial charge in [-0.1, -0.05) is 24.3 Å². The third-order valence-corrected chi connectivity index (χ3v) is 3.47. The molecular formula is C20H19N3O3. The van der Waals surface area contributed by atoms with E-state index in [-0.39, 0.29) is 18.2 Å². The van der Waals surface area contributed by atoms with Crippen LogP contribution in [0.15, 0.2) is 54.6 Å². The Kier molecular flexibility index (Phi) is 6.95. The van der Waals surface area contributed by atoms with E-state index in [9.17, 15) is 9.59 Å². The molecular weight excluding hydrogens is 330 g/mol. The standard InChI is InChI=1S/C20H19N3O3/c1-26-18-4-2-3-15(13-18)7-10-20(25)23-17-8-5-16(6-9-17)14-22-19(24)11-12-21/h2-10,13H,11,14H2,1H3,(H,22,24)(H,23,25)/b10-7+. The van der Waals surface area contributed by atoms with Crippen molar-refractivity contribution in [3.8, 4) is 11.8 Å². The molecule has 0 aromatic heterocycles. The average molecular weight is 349 g/mol. The maximum atomic E-state index is 12.0. The molecule has 2 aromatic carbocycles. The van der Waals surface area contributed by atoms with E-state index in [1.807, 2.05) is 24.3 Å². The number of hydrogen-bond donors (Lipinski definition) is 2. The number of methoxy groups -OCH3 is 1. The predicted octanol–water partition coefficient (Wildman–Crippen LogP) is 2.88. The fraction of sp³-hybridized carbons (Fsp3) is 0.150. The summed E-state index contributed by atoms with van der Waals surface area (Å²) in [6.07, 6.45) is 3.00. The summed E-state index contributed by atoms with van der Waals surface area (Å²) in [6.45, 7) is 0.338. The van der Waals surface area contributed by atoms with Crippen LogP contribution in [0.3, 0.4) is 0 Å². The van der Waals surface area contributed by atoms with E-state index in [0.29, 0.717) is 12.2 Å². The molecule has 26 heavy (non-hydrogen) atoms. The quantitative estimate of drug-likeness (QED) is 0.752. The fourth-order valence-corrected chi connectivity index (χ4v) is 2.14. The minimum Gasteiger partial charge on any atom is -0.497 e. The van der Waals surface area contributed by atoms with Crippen LogP contribution in [0.4, 0.5) is 5.69 Å². The van der Waals surface area contributed by atoms with Gasteiger partial charge in [0.2, 0.25) is 11.8 Å². The van der Waals surface area contributed by atoms with Crippen LogP contribution in [0.1, 0.15) is 17.5 Å². The van der Waals surface area contributed by atoms with Crippen LogP contribution in [0.2, 0.25) is 0 Å². The Morgan fingerprint density at radius 3 is 2.65 bits per heavy atom. The molecule has 0 spiro atoms. The number of carbonyl (C=O) groups is 2. The van der Waals surface area contributed by atoms with E-state index in [4.69, 9.17) is 10.00 Å². The highest BCUT2D eigenvalue weighted by atomic mass is 16.5. The first-order chi connectivity index (χ1) is 12.6. The summed E-state index contributed by atoms with van der Waals surface area (Å²) in [7, 11) is 1.59. The Balaban J connectivity index is 1.87. The second-order valence-electron chi connectivity index (χ2n) is 5.41. The number of ether oxygens (including phenoxy) is 1. The van der Waals surface area contributed by atoms with Gasteiger partial charge in [0.05, 0.1) is 13.2 Å². The summed E-state index contributed by atoms with van der Waals surface area (Å²) in [5.41, 5.74) is 2.39. The summed E-state index contributed by atoms with van der Waals surface area (Å²) in [4.78, 5) is 23.2. The highest BCUT2D eigenvalue weighted by molar-refractivity contribution is 6.01. The molecule has 0 aliphatic heterocycles. The molecule has 2 aromatic rings. The Morgan fingerprint density at radius 2 is 1.96 bits per heavy atom. The lowest BCUT2D eigenvalue weighted by Gasteiger charge is -2.06. The number of amides is 2. The van der Waals surface area contributed by atoms with Crippen molar-refractivity contribution in [2.75, 3.05) is 12.4 Å². The van der Waals surface area contributed by atoms with Crippen LogP contribution >= 0.6 is 0 Å². The van der Waals surface area contributed by atoms with Gasteiger partial charge in [-0.15, -0.1) is 0 Å². The molecule has 0 saturated heterocycles. The number of nitriles is 1. The second kappa shape index (κ2) is 9.64. The largest absolute Gasteiger partial charge is 0.497 e. The molecule has 6 nitrogen and oxygen atoms in total. The first-order valence-corrected chi connectivity index (χ1v) is 7.96. The number of carbonyl (C=O) groups excluding carboxylic acids is 2. The number of benzene rings is 2. The van der Waals surface area contributed by atoms with E-state index in [1.165, 1.54) is 6.08 Å². The van der Waals surface area contributed by atoms with Gasteiger partial charge < -0.3 is 15.4 Å². The molecule has 0 saturated carbocycles. The van der Waals surface area contributed by atoms with Gasteiger partial charge in [0.25, 0.3) is 0 Å². The van der Waals surface area contributed by atoms with Gasteiger partial charge in [0, 0.05) is 18.3 Å². The molecule has 2 N–H and O–H groups in total. The van der Waals surface area contributed by atoms with Gasteiger partial charge in [-0.25, -0.2) is 0 Å². The zero-order chi connectivity index (χ0) is 18.8. The van der Waals surface area contributed by atoms with Gasteiger partial charge >= 0.3 is 0 Å². The van der Waals surface area contributed by atoms with Gasteiger partial charge in [0.1, 0.15) is 12.2 Å². The highest BCUT2D eigenvalue weighted by Gasteiger charge is 2.02. The Hall–Kier alpha value is -3.59. The number of nitrogens with zero attached hydrogens (tertiary/aromatic N) is 1. The van der Waals surface area contributed by atoms with Crippen molar-refractivity contribution < 1.29 is 14.3 Å². The van der Waals surface area contributed by atoms with Crippen molar-refractivity contribution in [2.45, 2.75) is 13.0 Å². The van der Waals surface area contributed by atoms with Crippen molar-refractivity contribution in [3.63, 3.8) is 0 Å². The summed E-state index contributed by atoms with van der Waals surface area (Å²) >= 11 is 0. The van der Waals surface area contributed by atoms with E-state index in [2.05, 4.69) is 10.6 Å². The average Bonchev–Trinajstić information content (AvgIpc) is 2.66. The molecule has 0 radical (unpaired) electrons. The van der Waals surface area contributed by atoms with Gasteiger partial charge in [-0.2, -0.15) is 5.26 Å². The lowest BCUT2D eigenvalue weighted by molar-refractivity contribution is -0.120. The Morgan fingerprint density at radius 1 is 1.19 bits per heavy atom. The molecule has 0 bridgehead atoms. The first-order valence-electron chi connectivity index (χ1n) is 7.96. The minimum atomic E-state index is -0.312. The predicted molar refractivity (Wildman–Crippen MR) is 99.2 cm³/mol. The van der Waals surface area contributed by atoms with Gasteiger partial charge in [-0.3, -0.25) is 9.59 Å². The van der Waals surface area contributed by atoms with Crippen LogP contribution in [-0.4, -0.2) is 18.9 Å². The normalized spacial score (nSPS) is 10.2. The Labute approximate surface area is 152 Å². The lowest BCUT2D eigenvalue weighted by Crippen LogP contribution is -2.21. The zero-order valence-electron chi connectivity index (χ0n) is 14.4. The van der Waals surface area contributed by atoms with Crippen LogP contribution in [0, 0.1) is 11.3 Å². The third-order valence-electron chi connectivity index (χ3n) is 3.47. The molecule has 0 aliphatic rings. The molecule has 2 rings (SSSR count). The van der Waals surface area contributed by atoms with Crippen molar-refractivity contribution in [1.82, 2.24) is 5.32 Å². The first kappa shape index (κ1) is 18.7. The second-order valence-corrected chi connectivity index (χ2v) is 5.41. The maximum absolute atomic E-state index is 12.0. The van der Waals surface area contributed by atoms with E-state index >= 15 is 0 Å². The van der Waals surface area contributed by atoms with E-state index in [0.717, 1.165) is 16.9 Å². The maximum Gasteiger partial charge on any atom is 0.248 e. The molecule has 0 unspecified atom stereocenters. The van der Waals surface area contributed by atoms with Crippen LogP contribution < -0.4 is 15.4 Å². The number of hydrogen-bond acceptors (Lipinski definition) is 4. The summed E-state index contributed by atoms with van der Waals surface area (Å²) in [6, 6.07) is 16.3. The van der Waals surface area contributed by atoms with Crippen LogP contribution in [0.25, 0.3) is 6.08 Å². The van der Waals surface area contributed by atoms with Crippen molar-refractivity contribution in [2.24, 2.45) is 0 Å². The van der Waals surface area contributed by atoms with E-state index < -0.39 is 0 Å². The molecule has 2 amide bonds. The molecule has 0 fully saturated rings. The lowest BCUT2D eigenvalue weighted by atomic mass is 10.2. The molecule has 0 aliphatic carbocycles. The molecule has 0 atom stereocenters. The SMILES string of the molecule is COc1cccc(/C=C/C(=O)Nc2ccc(CNC(=O)CC#N)cc2)c1. The third kappa shape index (κ3) is 6.13. The summed E-state index contributed by atoms with van der Waals surface area (Å²) in [5.74, 6) is 0.167. The minimum absolute atomic E-state index is 0.159. The summed E-state index contributed by atoms with van der Waals surface area (Å²) in [5, 5.41) is 13.8. The number of anilines is 1. The topological polar surface area (TPSA) is 91.2 Å².